The van der Waals surface area contributed by atoms with E-state index in [1.54, 1.807) is 0 Å². The lowest BCUT2D eigenvalue weighted by molar-refractivity contribution is -0.142. The quantitative estimate of drug-likeness (QED) is 0.664. The average Bonchev–Trinajstić information content (AvgIpc) is 2.83. The second-order valence-electron chi connectivity index (χ2n) is 5.22. The smallest absolute Gasteiger partial charge is 0.320 e. The molecule has 0 aromatic rings. The standard InChI is InChI=1S/C13H24N2O2.C2H5NO.2ClH/c1-4-11-9-12(13(16)17)15(10-11)8-7-14(5-2)6-3;1-2(3)4;;/h4,11-12H,1,5-10H2,2-3H3,(H,16,17);1H3,(H2,3,4);2*1H/t11-,12-;;;/m1.../s1. The fraction of sp³-hybridized carbons (Fsp3) is 0.733. The Bertz CT molecular complexity index is 349. The van der Waals surface area contributed by atoms with Gasteiger partial charge in [0.15, 0.2) is 0 Å². The topological polar surface area (TPSA) is 86.9 Å². The van der Waals surface area contributed by atoms with Crippen LogP contribution in [0, 0.1) is 5.92 Å². The number of carbonyl (C=O) groups is 2. The number of likely N-dealkylation sites (tertiary alicyclic amines) is 1. The molecule has 1 rings (SSSR count). The SMILES string of the molecule is C=C[C@@H]1C[C@H](C(=O)O)N(CCN(CC)CC)C1.CC(N)=O.Cl.Cl. The van der Waals surface area contributed by atoms with Crippen LogP contribution in [0.15, 0.2) is 12.7 Å². The Morgan fingerprint density at radius 2 is 1.83 bits per heavy atom. The van der Waals surface area contributed by atoms with Crippen LogP contribution in [0.5, 0.6) is 0 Å². The molecule has 0 saturated carbocycles. The molecule has 1 heterocycles. The third-order valence-electron chi connectivity index (χ3n) is 3.65. The molecule has 2 atom stereocenters. The molecular weight excluding hydrogens is 341 g/mol. The van der Waals surface area contributed by atoms with Gasteiger partial charge in [0.1, 0.15) is 6.04 Å². The first-order valence-corrected chi connectivity index (χ1v) is 7.43. The number of carboxylic acid groups (broad SMARTS) is 1. The third kappa shape index (κ3) is 11.4. The zero-order chi connectivity index (χ0) is 16.4. The summed E-state index contributed by atoms with van der Waals surface area (Å²) < 4.78 is 0. The second-order valence-corrected chi connectivity index (χ2v) is 5.22. The van der Waals surface area contributed by atoms with Gasteiger partial charge in [0, 0.05) is 26.6 Å². The maximum Gasteiger partial charge on any atom is 0.320 e. The Labute approximate surface area is 151 Å². The van der Waals surface area contributed by atoms with Crippen molar-refractivity contribution in [2.45, 2.75) is 33.2 Å². The summed E-state index contributed by atoms with van der Waals surface area (Å²) >= 11 is 0. The molecule has 0 radical (unpaired) electrons. The lowest BCUT2D eigenvalue weighted by atomic mass is 10.1. The number of carbonyl (C=O) groups excluding carboxylic acids is 1. The molecule has 0 aromatic heterocycles. The molecule has 0 unspecified atom stereocenters. The molecular formula is C15H31Cl2N3O3. The zero-order valence-electron chi connectivity index (χ0n) is 14.2. The highest BCUT2D eigenvalue weighted by molar-refractivity contribution is 5.85. The number of carboxylic acids is 1. The summed E-state index contributed by atoms with van der Waals surface area (Å²) in [4.78, 5) is 24.8. The van der Waals surface area contributed by atoms with Crippen LogP contribution in [0.25, 0.3) is 0 Å². The van der Waals surface area contributed by atoms with Crippen molar-refractivity contribution < 1.29 is 14.7 Å². The summed E-state index contributed by atoms with van der Waals surface area (Å²) in [5, 5.41) is 9.19. The van der Waals surface area contributed by atoms with Crippen molar-refractivity contribution in [3.63, 3.8) is 0 Å². The number of nitrogens with two attached hydrogens (primary N) is 1. The molecule has 0 bridgehead atoms. The van der Waals surface area contributed by atoms with E-state index in [4.69, 9.17) is 0 Å². The molecule has 138 valence electrons. The van der Waals surface area contributed by atoms with Crippen molar-refractivity contribution in [1.29, 1.82) is 0 Å². The number of rotatable bonds is 7. The van der Waals surface area contributed by atoms with Gasteiger partial charge in [0.25, 0.3) is 0 Å². The third-order valence-corrected chi connectivity index (χ3v) is 3.65. The van der Waals surface area contributed by atoms with Crippen LogP contribution in [0.2, 0.25) is 0 Å². The van der Waals surface area contributed by atoms with Crippen molar-refractivity contribution in [3.8, 4) is 0 Å². The number of hydrogen-bond acceptors (Lipinski definition) is 4. The van der Waals surface area contributed by atoms with E-state index in [1.165, 1.54) is 6.92 Å². The minimum absolute atomic E-state index is 0. The van der Waals surface area contributed by atoms with Gasteiger partial charge >= 0.3 is 5.97 Å². The molecule has 0 spiro atoms. The predicted octanol–water partition coefficient (Wildman–Crippen LogP) is 1.62. The van der Waals surface area contributed by atoms with Gasteiger partial charge in [0.05, 0.1) is 0 Å². The van der Waals surface area contributed by atoms with Crippen molar-refractivity contribution in [1.82, 2.24) is 9.80 Å². The van der Waals surface area contributed by atoms with E-state index in [1.807, 2.05) is 6.08 Å². The highest BCUT2D eigenvalue weighted by Gasteiger charge is 2.35. The molecule has 0 aromatic carbocycles. The monoisotopic (exact) mass is 371 g/mol. The number of halogens is 2. The summed E-state index contributed by atoms with van der Waals surface area (Å²) in [5.41, 5.74) is 4.47. The molecule has 1 aliphatic heterocycles. The number of likely N-dealkylation sites (N-methyl/N-ethyl adjacent to an activating group) is 1. The lowest BCUT2D eigenvalue weighted by Gasteiger charge is -2.25. The van der Waals surface area contributed by atoms with E-state index in [0.29, 0.717) is 12.3 Å². The molecule has 1 aliphatic rings. The number of aliphatic carboxylic acids is 1. The van der Waals surface area contributed by atoms with Crippen molar-refractivity contribution in [2.75, 3.05) is 32.7 Å². The van der Waals surface area contributed by atoms with Crippen LogP contribution in [-0.2, 0) is 9.59 Å². The van der Waals surface area contributed by atoms with Crippen molar-refractivity contribution >= 4 is 36.7 Å². The summed E-state index contributed by atoms with van der Waals surface area (Å²) in [7, 11) is 0. The van der Waals surface area contributed by atoms with E-state index in [-0.39, 0.29) is 36.8 Å². The van der Waals surface area contributed by atoms with Gasteiger partial charge in [-0.05, 0) is 25.4 Å². The van der Waals surface area contributed by atoms with Crippen molar-refractivity contribution in [2.24, 2.45) is 11.7 Å². The molecule has 1 fully saturated rings. The Morgan fingerprint density at radius 3 is 2.17 bits per heavy atom. The van der Waals surface area contributed by atoms with Gasteiger partial charge in [-0.1, -0.05) is 19.9 Å². The minimum atomic E-state index is -0.700. The first-order valence-electron chi connectivity index (χ1n) is 7.43. The largest absolute Gasteiger partial charge is 0.480 e. The van der Waals surface area contributed by atoms with Crippen LogP contribution >= 0.6 is 24.8 Å². The predicted molar refractivity (Wildman–Crippen MR) is 98.5 cm³/mol. The Hall–Kier alpha value is -0.820. The fourth-order valence-electron chi connectivity index (χ4n) is 2.42. The second kappa shape index (κ2) is 14.8. The van der Waals surface area contributed by atoms with E-state index in [2.05, 4.69) is 36.0 Å². The van der Waals surface area contributed by atoms with Gasteiger partial charge in [-0.25, -0.2) is 0 Å². The number of hydrogen-bond donors (Lipinski definition) is 2. The first-order chi connectivity index (χ1) is 9.85. The molecule has 8 heteroatoms. The average molecular weight is 372 g/mol. The summed E-state index contributed by atoms with van der Waals surface area (Å²) in [6.07, 6.45) is 2.59. The summed E-state index contributed by atoms with van der Waals surface area (Å²) in [5.74, 6) is -0.707. The Morgan fingerprint density at radius 1 is 1.35 bits per heavy atom. The number of primary amides is 1. The molecule has 1 saturated heterocycles. The summed E-state index contributed by atoms with van der Waals surface area (Å²) in [6.45, 7) is 14.0. The highest BCUT2D eigenvalue weighted by Crippen LogP contribution is 2.23. The molecule has 3 N–H and O–H groups in total. The maximum atomic E-state index is 11.2. The van der Waals surface area contributed by atoms with Gasteiger partial charge in [-0.2, -0.15) is 0 Å². The molecule has 1 amide bonds. The van der Waals surface area contributed by atoms with E-state index in [0.717, 1.165) is 32.7 Å². The minimum Gasteiger partial charge on any atom is -0.480 e. The molecule has 23 heavy (non-hydrogen) atoms. The number of nitrogens with zero attached hydrogens (tertiary/aromatic N) is 2. The van der Waals surface area contributed by atoms with E-state index < -0.39 is 5.97 Å². The number of amides is 1. The van der Waals surface area contributed by atoms with Gasteiger partial charge in [-0.15, -0.1) is 31.4 Å². The normalized spacial score (nSPS) is 19.8. The summed E-state index contributed by atoms with van der Waals surface area (Å²) in [6, 6.07) is -0.325. The van der Waals surface area contributed by atoms with Crippen molar-refractivity contribution in [3.05, 3.63) is 12.7 Å². The van der Waals surface area contributed by atoms with Gasteiger partial charge < -0.3 is 15.7 Å². The van der Waals surface area contributed by atoms with Gasteiger partial charge in [0.2, 0.25) is 5.91 Å². The maximum absolute atomic E-state index is 11.2. The van der Waals surface area contributed by atoms with Crippen LogP contribution in [0.4, 0.5) is 0 Å². The molecule has 6 nitrogen and oxygen atoms in total. The Kier molecular flexibility index (Phi) is 17.3. The zero-order valence-corrected chi connectivity index (χ0v) is 15.9. The van der Waals surface area contributed by atoms with Crippen LogP contribution in [-0.4, -0.2) is 65.5 Å². The lowest BCUT2D eigenvalue weighted by Crippen LogP contribution is -2.41. The van der Waals surface area contributed by atoms with Crippen LogP contribution in [0.3, 0.4) is 0 Å². The van der Waals surface area contributed by atoms with Crippen LogP contribution < -0.4 is 5.73 Å². The van der Waals surface area contributed by atoms with Crippen LogP contribution in [0.1, 0.15) is 27.2 Å². The van der Waals surface area contributed by atoms with E-state index >= 15 is 0 Å². The Balaban J connectivity index is -0.000000598. The highest BCUT2D eigenvalue weighted by atomic mass is 35.5. The first kappa shape index (κ1) is 27.0. The van der Waals surface area contributed by atoms with E-state index in [9.17, 15) is 14.7 Å². The fourth-order valence-corrected chi connectivity index (χ4v) is 2.42. The molecule has 0 aliphatic carbocycles. The van der Waals surface area contributed by atoms with Gasteiger partial charge in [-0.3, -0.25) is 14.5 Å².